The van der Waals surface area contributed by atoms with Gasteiger partial charge < -0.3 is 28.8 Å². The van der Waals surface area contributed by atoms with Crippen molar-refractivity contribution >= 4 is 32.6 Å². The zero-order valence-electron chi connectivity index (χ0n) is 22.5. The van der Waals surface area contributed by atoms with Crippen LogP contribution >= 0.6 is 15.6 Å². The first-order chi connectivity index (χ1) is 20.1. The number of rotatable bonds is 13. The number of hydrogen-bond donors (Lipinski definition) is 3. The van der Waals surface area contributed by atoms with Crippen molar-refractivity contribution in [3.63, 3.8) is 0 Å². The van der Waals surface area contributed by atoms with Gasteiger partial charge in [0.25, 0.3) is 0 Å². The molecule has 5 rings (SSSR count). The number of imidazole rings is 1. The smallest absolute Gasteiger partial charge is 0.497 e. The van der Waals surface area contributed by atoms with Crippen LogP contribution in [0.2, 0.25) is 0 Å². The average molecular weight is 621 g/mol. The molecule has 17 heteroatoms. The average Bonchev–Trinajstić information content (AvgIpc) is 3.37. The number of phosphoric ester groups is 2. The van der Waals surface area contributed by atoms with Gasteiger partial charge in [-0.2, -0.15) is 0 Å². The summed E-state index contributed by atoms with van der Waals surface area (Å²) in [6.45, 7) is -0.453. The number of ether oxygens (including phenoxy) is 2. The minimum absolute atomic E-state index is 0.108. The molecule has 0 saturated heterocycles. The van der Waals surface area contributed by atoms with Crippen LogP contribution in [0.1, 0.15) is 12.5 Å². The van der Waals surface area contributed by atoms with Crippen LogP contribution in [-0.4, -0.2) is 56.7 Å². The maximum atomic E-state index is 12.8. The van der Waals surface area contributed by atoms with Crippen molar-refractivity contribution in [2.75, 3.05) is 33.2 Å². The van der Waals surface area contributed by atoms with Gasteiger partial charge in [0.2, 0.25) is 0 Å². The molecule has 1 aliphatic rings. The van der Waals surface area contributed by atoms with Crippen molar-refractivity contribution in [1.82, 2.24) is 19.5 Å². The van der Waals surface area contributed by atoms with Crippen molar-refractivity contribution in [3.05, 3.63) is 61.2 Å². The Labute approximate surface area is 240 Å². The highest BCUT2D eigenvalue weighted by Crippen LogP contribution is 2.52. The quantitative estimate of drug-likeness (QED) is 0.181. The first-order valence-corrected chi connectivity index (χ1v) is 15.6. The highest BCUT2D eigenvalue weighted by Gasteiger charge is 2.45. The second-order valence-corrected chi connectivity index (χ2v) is 12.1. The molecule has 15 nitrogen and oxygen atoms in total. The fourth-order valence-electron chi connectivity index (χ4n) is 4.61. The van der Waals surface area contributed by atoms with Crippen LogP contribution < -0.4 is 24.3 Å². The molecular weight excluding hydrogens is 592 g/mol. The summed E-state index contributed by atoms with van der Waals surface area (Å²) in [6.07, 6.45) is 3.30. The van der Waals surface area contributed by atoms with E-state index in [9.17, 15) is 18.9 Å². The molecule has 0 amide bonds. The molecule has 2 unspecified atom stereocenters. The van der Waals surface area contributed by atoms with E-state index in [2.05, 4.69) is 15.0 Å². The number of hydrogen-bond acceptors (Lipinski definition) is 12. The van der Waals surface area contributed by atoms with E-state index < -0.39 is 21.6 Å². The SMILES string of the molecule is COc1ccc(OP(=O)(O)OC[C@H]2C[C@@H](n3cnc4c(N)ncnc43)[C@@H]2COP(=O)(O)Oc2ccc(OC)cc2)cc1. The summed E-state index contributed by atoms with van der Waals surface area (Å²) in [5.74, 6) is 0.687. The topological polar surface area (TPSA) is 200 Å². The molecule has 0 spiro atoms. The van der Waals surface area contributed by atoms with Crippen LogP contribution in [0.25, 0.3) is 11.2 Å². The number of anilines is 1. The zero-order valence-corrected chi connectivity index (χ0v) is 24.3. The number of nitrogen functional groups attached to an aromatic ring is 1. The van der Waals surface area contributed by atoms with E-state index in [-0.39, 0.29) is 42.5 Å². The first-order valence-electron chi connectivity index (χ1n) is 12.6. The van der Waals surface area contributed by atoms with E-state index >= 15 is 0 Å². The lowest BCUT2D eigenvalue weighted by molar-refractivity contribution is -0.00444. The lowest BCUT2D eigenvalue weighted by atomic mass is 9.70. The maximum Gasteiger partial charge on any atom is 0.527 e. The zero-order chi connectivity index (χ0) is 29.9. The molecule has 224 valence electrons. The van der Waals surface area contributed by atoms with Crippen molar-refractivity contribution in [3.8, 4) is 23.0 Å². The van der Waals surface area contributed by atoms with Gasteiger partial charge in [0, 0.05) is 12.0 Å². The molecule has 4 aromatic rings. The van der Waals surface area contributed by atoms with E-state index in [0.29, 0.717) is 29.1 Å². The predicted molar refractivity (Wildman–Crippen MR) is 149 cm³/mol. The second-order valence-electron chi connectivity index (χ2n) is 9.37. The number of methoxy groups -OCH3 is 2. The van der Waals surface area contributed by atoms with Crippen LogP contribution in [0.3, 0.4) is 0 Å². The van der Waals surface area contributed by atoms with Gasteiger partial charge in [-0.25, -0.2) is 24.1 Å². The molecule has 2 heterocycles. The van der Waals surface area contributed by atoms with E-state index in [0.717, 1.165) is 0 Å². The van der Waals surface area contributed by atoms with Gasteiger partial charge >= 0.3 is 15.6 Å². The number of fused-ring (bicyclic) bond motifs is 1. The van der Waals surface area contributed by atoms with Crippen LogP contribution in [0.5, 0.6) is 23.0 Å². The lowest BCUT2D eigenvalue weighted by Crippen LogP contribution is -2.43. The van der Waals surface area contributed by atoms with Gasteiger partial charge in [-0.3, -0.25) is 18.8 Å². The Bertz CT molecular complexity index is 1620. The molecule has 1 saturated carbocycles. The van der Waals surface area contributed by atoms with Gasteiger partial charge in [-0.05, 0) is 60.9 Å². The number of aromatic nitrogens is 4. The Morgan fingerprint density at radius 2 is 1.36 bits per heavy atom. The molecule has 4 N–H and O–H groups in total. The van der Waals surface area contributed by atoms with Crippen LogP contribution in [-0.2, 0) is 18.2 Å². The highest BCUT2D eigenvalue weighted by molar-refractivity contribution is 7.48. The standard InChI is InChI=1S/C25H29N5O10P2/c1-35-17-3-7-19(8-4-17)39-41(31,32)37-12-16-11-22(30-15-29-23-24(26)27-14-28-25(23)30)21(16)13-38-42(33,34)40-20-9-5-18(36-2)6-10-20/h3-10,14-16,21-22H,11-13H2,1-2H3,(H,31,32)(H,33,34)(H2,26,27,28)/t16-,21-,22-/m1/s1. The minimum Gasteiger partial charge on any atom is -0.497 e. The lowest BCUT2D eigenvalue weighted by Gasteiger charge is -2.45. The summed E-state index contributed by atoms with van der Waals surface area (Å²) in [7, 11) is -6.06. The van der Waals surface area contributed by atoms with Crippen molar-refractivity contribution < 1.29 is 46.5 Å². The molecule has 0 bridgehead atoms. The molecule has 2 aromatic carbocycles. The first kappa shape index (κ1) is 29.8. The second kappa shape index (κ2) is 12.3. The number of nitrogens with zero attached hydrogens (tertiary/aromatic N) is 4. The van der Waals surface area contributed by atoms with E-state index in [1.54, 1.807) is 35.2 Å². The Hall–Kier alpha value is -3.71. The van der Waals surface area contributed by atoms with Crippen molar-refractivity contribution in [2.45, 2.75) is 12.5 Å². The fourth-order valence-corrected chi connectivity index (χ4v) is 6.23. The highest BCUT2D eigenvalue weighted by atomic mass is 31.2. The van der Waals surface area contributed by atoms with E-state index in [1.165, 1.54) is 44.8 Å². The van der Waals surface area contributed by atoms with E-state index in [4.69, 9.17) is 33.3 Å². The summed E-state index contributed by atoms with van der Waals surface area (Å²) >= 11 is 0. The molecule has 42 heavy (non-hydrogen) atoms. The largest absolute Gasteiger partial charge is 0.527 e. The molecule has 0 radical (unpaired) electrons. The van der Waals surface area contributed by atoms with Crippen molar-refractivity contribution in [2.24, 2.45) is 11.8 Å². The number of nitrogens with two attached hydrogens (primary N) is 1. The van der Waals surface area contributed by atoms with Gasteiger partial charge in [0.05, 0.1) is 33.8 Å². The van der Waals surface area contributed by atoms with Gasteiger partial charge in [-0.1, -0.05) is 0 Å². The van der Waals surface area contributed by atoms with Crippen molar-refractivity contribution in [1.29, 1.82) is 0 Å². The monoisotopic (exact) mass is 621 g/mol. The molecule has 2 aromatic heterocycles. The third-order valence-corrected chi connectivity index (χ3v) is 8.66. The molecule has 1 fully saturated rings. The van der Waals surface area contributed by atoms with Gasteiger partial charge in [-0.15, -0.1) is 0 Å². The summed E-state index contributed by atoms with van der Waals surface area (Å²) in [6, 6.07) is 11.9. The fraction of sp³-hybridized carbons (Fsp3) is 0.320. The Morgan fingerprint density at radius 3 is 1.90 bits per heavy atom. The summed E-state index contributed by atoms with van der Waals surface area (Å²) in [4.78, 5) is 33.2. The summed E-state index contributed by atoms with van der Waals surface area (Å²) in [5.41, 5.74) is 6.80. The third kappa shape index (κ3) is 6.84. The maximum absolute atomic E-state index is 12.8. The normalized spacial score (nSPS) is 21.1. The Morgan fingerprint density at radius 1 is 0.833 bits per heavy atom. The van der Waals surface area contributed by atoms with Crippen LogP contribution in [0.4, 0.5) is 5.82 Å². The van der Waals surface area contributed by atoms with Gasteiger partial charge in [0.1, 0.15) is 34.8 Å². The van der Waals surface area contributed by atoms with E-state index in [1.807, 2.05) is 0 Å². The van der Waals surface area contributed by atoms with Crippen LogP contribution in [0, 0.1) is 11.8 Å². The third-order valence-electron chi connectivity index (χ3n) is 6.83. The molecular formula is C25H29N5O10P2. The molecule has 1 aliphatic carbocycles. The minimum atomic E-state index is -4.55. The summed E-state index contributed by atoms with van der Waals surface area (Å²) in [5, 5.41) is 0. The van der Waals surface area contributed by atoms with Crippen LogP contribution in [0.15, 0.2) is 61.2 Å². The predicted octanol–water partition coefficient (Wildman–Crippen LogP) is 3.99. The molecule has 0 aliphatic heterocycles. The Balaban J connectivity index is 1.28. The Kier molecular flexibility index (Phi) is 8.69. The number of phosphoric acid groups is 2. The summed E-state index contributed by atoms with van der Waals surface area (Å²) < 4.78 is 58.4. The van der Waals surface area contributed by atoms with Gasteiger partial charge in [0.15, 0.2) is 11.5 Å². The number of benzene rings is 2. The molecule has 5 atom stereocenters.